The average Bonchev–Trinajstić information content (AvgIpc) is 1.09. The number of carbonyl (C=O) groups is 7. The first kappa shape index (κ1) is 94.6. The monoisotopic (exact) mass is 1440 g/mol. The van der Waals surface area contributed by atoms with Crippen molar-refractivity contribution in [3.8, 4) is 0 Å². The average molecular weight is 1440 g/mol. The van der Waals surface area contributed by atoms with Crippen molar-refractivity contribution >= 4 is 57.0 Å². The Morgan fingerprint density at radius 2 is 0.663 bits per heavy atom. The van der Waals surface area contributed by atoms with Crippen molar-refractivity contribution in [1.29, 1.82) is 0 Å². The van der Waals surface area contributed by atoms with Crippen molar-refractivity contribution in [2.45, 2.75) is 361 Å². The highest BCUT2D eigenvalue weighted by atomic mass is 31.2. The highest BCUT2D eigenvalue weighted by Crippen LogP contribution is 2.44. The Morgan fingerprint density at radius 3 is 1.00 bits per heavy atom. The van der Waals surface area contributed by atoms with E-state index in [9.17, 15) is 52.5 Å². The summed E-state index contributed by atoms with van der Waals surface area (Å²) in [6, 6.07) is -2.73. The van der Waals surface area contributed by atoms with Crippen LogP contribution < -0.4 is 21.3 Å². The number of amides is 4. The van der Waals surface area contributed by atoms with E-state index in [2.05, 4.69) is 55.9 Å². The third-order valence-electron chi connectivity index (χ3n) is 16.9. The minimum Gasteiger partial charge on any atom is -0.462 e. The number of unbranched alkanes of at least 4 members (excludes halogenated alkanes) is 32. The maximum atomic E-state index is 13.2. The van der Waals surface area contributed by atoms with Crippen LogP contribution in [0.1, 0.15) is 337 Å². The number of hydrogen-bond acceptors (Lipinski definition) is 17. The molecular formula is C73H140N4O19P2. The second-order valence-corrected chi connectivity index (χ2v) is 29.5. The van der Waals surface area contributed by atoms with E-state index >= 15 is 0 Å². The van der Waals surface area contributed by atoms with Gasteiger partial charge in [-0.3, -0.25) is 46.9 Å². The van der Waals surface area contributed by atoms with Crippen molar-refractivity contribution in [1.82, 2.24) is 21.3 Å². The lowest BCUT2D eigenvalue weighted by atomic mass is 10.0. The number of phosphoric acid groups is 2. The van der Waals surface area contributed by atoms with Crippen LogP contribution in [0.4, 0.5) is 4.79 Å². The fourth-order valence-corrected chi connectivity index (χ4v) is 12.7. The van der Waals surface area contributed by atoms with Gasteiger partial charge in [0.25, 0.3) is 0 Å². The molecule has 6 N–H and O–H groups in total. The number of esters is 2. The number of rotatable bonds is 74. The molecule has 0 aromatic carbocycles. The SMILES string of the molecule is CCCCCCCCCCCC(=O)CC(=O)N[C@@H](COCC[C@@H](CCCCCCC)OC(C)=O)COP(=O)(O)OCCNC(=O)NCCOP(=O)(O)OC[C@H](COCC[C@@H](CCCCCCC)OC(=O)CCCCCCCCCCC)NC(=O)CC(=O)CCCCCCCCCCC. The molecule has 0 fully saturated rings. The molecule has 6 atom stereocenters. The Hall–Kier alpha value is -3.37. The molecule has 2 unspecified atom stereocenters. The maximum absolute atomic E-state index is 13.2. The molecule has 0 rings (SSSR count). The number of phosphoric ester groups is 2. The summed E-state index contributed by atoms with van der Waals surface area (Å²) in [6.45, 7) is 9.58. The molecule has 0 aliphatic rings. The molecule has 0 aromatic rings. The van der Waals surface area contributed by atoms with Gasteiger partial charge in [-0.1, -0.05) is 240 Å². The van der Waals surface area contributed by atoms with E-state index in [1.54, 1.807) is 0 Å². The largest absolute Gasteiger partial charge is 0.472 e. The molecule has 0 aliphatic carbocycles. The van der Waals surface area contributed by atoms with E-state index in [1.807, 2.05) is 0 Å². The van der Waals surface area contributed by atoms with Gasteiger partial charge >= 0.3 is 33.6 Å². The zero-order chi connectivity index (χ0) is 72.4. The third kappa shape index (κ3) is 64.7. The second-order valence-electron chi connectivity index (χ2n) is 26.5. The molecule has 0 saturated heterocycles. The van der Waals surface area contributed by atoms with Gasteiger partial charge in [0.2, 0.25) is 11.8 Å². The lowest BCUT2D eigenvalue weighted by Gasteiger charge is -2.22. The summed E-state index contributed by atoms with van der Waals surface area (Å²) in [5.41, 5.74) is 0. The molecule has 23 nitrogen and oxygen atoms in total. The van der Waals surface area contributed by atoms with Gasteiger partial charge in [-0.25, -0.2) is 13.9 Å². The third-order valence-corrected chi connectivity index (χ3v) is 18.9. The van der Waals surface area contributed by atoms with Gasteiger partial charge in [0.1, 0.15) is 23.8 Å². The summed E-state index contributed by atoms with van der Waals surface area (Å²) in [4.78, 5) is 111. The van der Waals surface area contributed by atoms with Crippen molar-refractivity contribution < 1.29 is 89.5 Å². The minimum absolute atomic E-state index is 0.141. The van der Waals surface area contributed by atoms with Crippen LogP contribution in [0.5, 0.6) is 0 Å². The van der Waals surface area contributed by atoms with E-state index in [1.165, 1.54) is 110 Å². The summed E-state index contributed by atoms with van der Waals surface area (Å²) < 4.78 is 70.1. The lowest BCUT2D eigenvalue weighted by Crippen LogP contribution is -2.42. The van der Waals surface area contributed by atoms with Crippen LogP contribution in [0.3, 0.4) is 0 Å². The zero-order valence-corrected chi connectivity index (χ0v) is 63.9. The van der Waals surface area contributed by atoms with Gasteiger partial charge in [0, 0.05) is 52.1 Å². The van der Waals surface area contributed by atoms with Crippen LogP contribution in [-0.4, -0.2) is 141 Å². The van der Waals surface area contributed by atoms with Gasteiger partial charge in [-0.15, -0.1) is 0 Å². The smallest absolute Gasteiger partial charge is 0.462 e. The Bertz CT molecular complexity index is 2100. The molecule has 0 heterocycles. The number of hydrogen-bond donors (Lipinski definition) is 6. The van der Waals surface area contributed by atoms with Crippen LogP contribution >= 0.6 is 15.6 Å². The second kappa shape index (κ2) is 66.8. The van der Waals surface area contributed by atoms with E-state index in [-0.39, 0.29) is 94.9 Å². The molecule has 98 heavy (non-hydrogen) atoms. The molecule has 0 radical (unpaired) electrons. The molecule has 0 bridgehead atoms. The summed E-state index contributed by atoms with van der Waals surface area (Å²) in [5.74, 6) is -2.29. The van der Waals surface area contributed by atoms with Crippen LogP contribution in [0.2, 0.25) is 0 Å². The fraction of sp³-hybridized carbons (Fsp3) is 0.904. The predicted molar refractivity (Wildman–Crippen MR) is 387 cm³/mol. The first-order valence-corrected chi connectivity index (χ1v) is 41.7. The van der Waals surface area contributed by atoms with E-state index < -0.39 is 78.0 Å². The summed E-state index contributed by atoms with van der Waals surface area (Å²) in [5, 5.41) is 10.2. The van der Waals surface area contributed by atoms with Crippen molar-refractivity contribution in [3.05, 3.63) is 0 Å². The number of nitrogens with one attached hydrogen (secondary N) is 4. The molecule has 0 spiro atoms. The zero-order valence-electron chi connectivity index (χ0n) is 62.1. The van der Waals surface area contributed by atoms with Gasteiger partial charge in [0.05, 0.1) is 77.8 Å². The fourth-order valence-electron chi connectivity index (χ4n) is 11.2. The van der Waals surface area contributed by atoms with E-state index in [0.29, 0.717) is 44.9 Å². The molecule has 25 heteroatoms. The number of ether oxygens (including phenoxy) is 4. The Morgan fingerprint density at radius 1 is 0.357 bits per heavy atom. The van der Waals surface area contributed by atoms with Gasteiger partial charge in [-0.2, -0.15) is 0 Å². The molecule has 0 saturated carbocycles. The van der Waals surface area contributed by atoms with Crippen molar-refractivity contribution in [2.24, 2.45) is 0 Å². The van der Waals surface area contributed by atoms with Crippen LogP contribution in [0.15, 0.2) is 0 Å². The van der Waals surface area contributed by atoms with Crippen LogP contribution in [-0.2, 0) is 74.9 Å². The number of Topliss-reactive ketones (excluding diaryl/α,β-unsaturated/α-hetero) is 2. The maximum Gasteiger partial charge on any atom is 0.472 e. The van der Waals surface area contributed by atoms with Gasteiger partial charge < -0.3 is 50.0 Å². The number of urea groups is 1. The topological polar surface area (TPSA) is 316 Å². The van der Waals surface area contributed by atoms with Gasteiger partial charge in [0.15, 0.2) is 0 Å². The summed E-state index contributed by atoms with van der Waals surface area (Å²) in [7, 11) is -9.57. The van der Waals surface area contributed by atoms with Gasteiger partial charge in [-0.05, 0) is 44.9 Å². The highest BCUT2D eigenvalue weighted by molar-refractivity contribution is 7.47. The molecule has 576 valence electrons. The van der Waals surface area contributed by atoms with Crippen LogP contribution in [0.25, 0.3) is 0 Å². The first-order chi connectivity index (χ1) is 47.3. The van der Waals surface area contributed by atoms with Crippen molar-refractivity contribution in [3.63, 3.8) is 0 Å². The minimum atomic E-state index is -4.79. The summed E-state index contributed by atoms with van der Waals surface area (Å²) >= 11 is 0. The Kier molecular flexibility index (Phi) is 64.5. The number of carbonyl (C=O) groups excluding carboxylic acids is 7. The normalized spacial score (nSPS) is 14.0. The first-order valence-electron chi connectivity index (χ1n) is 38.7. The summed E-state index contributed by atoms with van der Waals surface area (Å²) in [6.07, 6.45) is 41.6. The Balaban J connectivity index is 5.51. The molecule has 0 aliphatic heterocycles. The van der Waals surface area contributed by atoms with Crippen molar-refractivity contribution in [2.75, 3.05) is 65.9 Å². The number of ketones is 2. The van der Waals surface area contributed by atoms with E-state index in [4.69, 9.17) is 37.0 Å². The Labute approximate surface area is 592 Å². The predicted octanol–water partition coefficient (Wildman–Crippen LogP) is 16.6. The van der Waals surface area contributed by atoms with Crippen LogP contribution in [0, 0.1) is 0 Å². The quantitative estimate of drug-likeness (QED) is 0.0143. The van der Waals surface area contributed by atoms with E-state index in [0.717, 1.165) is 122 Å². The molecular weight excluding hydrogens is 1300 g/mol. The standard InChI is InChI=1S/C73H140N4O19P2/c1-7-12-17-22-25-28-31-36-39-44-66(79)57-70(81)76-64(59-89-53-49-68(95-63(6)78)46-41-34-20-15-10-4)61-93-97(85,86)91-55-51-74-73(84)75-52-56-92-98(87,88)94-62-65(77-71(82)58-67(80)45-40-37-32-29-26-23-18-13-8-2)60-90-54-50-69(47-42-35-21-16-11-5)96-72(83)48-43-38-33-30-27-24-19-14-9-3/h64-65,68-69H,7-62H2,1-6H3,(H,76,81)(H,77,82)(H,85,86)(H,87,88)(H2,74,75,84)/t64-,65-,68+,69+/m0/s1. The molecule has 0 aromatic heterocycles. The lowest BCUT2D eigenvalue weighted by molar-refractivity contribution is -0.151. The molecule has 4 amide bonds. The highest BCUT2D eigenvalue weighted by Gasteiger charge is 2.28.